The first-order chi connectivity index (χ1) is 12.0. The van der Waals surface area contributed by atoms with Crippen molar-refractivity contribution in [1.82, 2.24) is 0 Å². The van der Waals surface area contributed by atoms with Gasteiger partial charge >= 0.3 is 0 Å². The first-order valence-electron chi connectivity index (χ1n) is 7.74. The van der Waals surface area contributed by atoms with Crippen molar-refractivity contribution in [2.24, 2.45) is 0 Å². The third-order valence-electron chi connectivity index (χ3n) is 3.82. The predicted molar refractivity (Wildman–Crippen MR) is 102 cm³/mol. The van der Waals surface area contributed by atoms with Gasteiger partial charge in [0, 0.05) is 17.3 Å². The van der Waals surface area contributed by atoms with E-state index < -0.39 is 0 Å². The van der Waals surface area contributed by atoms with Crippen molar-refractivity contribution in [3.05, 3.63) is 52.9 Å². The molecule has 2 N–H and O–H groups in total. The Bertz CT molecular complexity index is 962. The smallest absolute Gasteiger partial charge is 0.266 e. The molecule has 0 aliphatic heterocycles. The van der Waals surface area contributed by atoms with Crippen LogP contribution in [0.25, 0.3) is 10.1 Å². The fourth-order valence-corrected chi connectivity index (χ4v) is 3.76. The third-order valence-corrected chi connectivity index (χ3v) is 5.09. The van der Waals surface area contributed by atoms with Gasteiger partial charge in [0.2, 0.25) is 5.91 Å². The molecule has 2 amide bonds. The summed E-state index contributed by atoms with van der Waals surface area (Å²) in [7, 11) is 1.54. The molecule has 5 nitrogen and oxygen atoms in total. The third kappa shape index (κ3) is 3.49. The molecule has 3 rings (SSSR count). The van der Waals surface area contributed by atoms with Crippen LogP contribution in [0, 0.1) is 6.92 Å². The minimum atomic E-state index is -0.197. The molecule has 0 atom stereocenters. The molecule has 0 spiro atoms. The molecule has 0 aliphatic carbocycles. The number of nitrogens with one attached hydrogen (secondary N) is 2. The molecule has 0 aliphatic rings. The zero-order valence-electron chi connectivity index (χ0n) is 14.2. The quantitative estimate of drug-likeness (QED) is 0.728. The molecular formula is C19H18N2O3S. The Morgan fingerprint density at radius 3 is 2.52 bits per heavy atom. The normalized spacial score (nSPS) is 10.5. The molecule has 3 aromatic rings. The molecule has 2 aromatic carbocycles. The van der Waals surface area contributed by atoms with Gasteiger partial charge in [0.15, 0.2) is 0 Å². The van der Waals surface area contributed by atoms with Crippen LogP contribution in [0.4, 0.5) is 11.4 Å². The summed E-state index contributed by atoms with van der Waals surface area (Å²) in [5.74, 6) is 0.154. The fraction of sp³-hybridized carbons (Fsp3) is 0.158. The number of amides is 2. The molecule has 0 fully saturated rings. The van der Waals surface area contributed by atoms with Crippen LogP contribution in [0.1, 0.15) is 22.2 Å². The lowest BCUT2D eigenvalue weighted by atomic mass is 10.1. The van der Waals surface area contributed by atoms with Crippen LogP contribution in [0.5, 0.6) is 5.75 Å². The number of ether oxygens (including phenoxy) is 1. The Morgan fingerprint density at radius 2 is 1.84 bits per heavy atom. The SMILES string of the molecule is COc1ccc(NC(C)=O)cc1NC(=O)c1sc2ccccc2c1C. The highest BCUT2D eigenvalue weighted by atomic mass is 32.1. The van der Waals surface area contributed by atoms with Crippen LogP contribution in [0.2, 0.25) is 0 Å². The van der Waals surface area contributed by atoms with E-state index in [4.69, 9.17) is 4.74 Å². The number of thiophene rings is 1. The Kier molecular flexibility index (Phi) is 4.72. The molecule has 25 heavy (non-hydrogen) atoms. The number of carbonyl (C=O) groups is 2. The Morgan fingerprint density at radius 1 is 1.08 bits per heavy atom. The summed E-state index contributed by atoms with van der Waals surface area (Å²) in [5.41, 5.74) is 2.06. The number of fused-ring (bicyclic) bond motifs is 1. The van der Waals surface area contributed by atoms with E-state index in [1.807, 2.05) is 31.2 Å². The monoisotopic (exact) mass is 354 g/mol. The summed E-state index contributed by atoms with van der Waals surface area (Å²) in [6.45, 7) is 3.38. The number of benzene rings is 2. The topological polar surface area (TPSA) is 67.4 Å². The zero-order valence-corrected chi connectivity index (χ0v) is 15.0. The van der Waals surface area contributed by atoms with Crippen LogP contribution in [0.15, 0.2) is 42.5 Å². The summed E-state index contributed by atoms with van der Waals surface area (Å²) in [6.07, 6.45) is 0. The van der Waals surface area contributed by atoms with Crippen molar-refractivity contribution >= 4 is 44.6 Å². The zero-order chi connectivity index (χ0) is 18.0. The van der Waals surface area contributed by atoms with E-state index in [0.717, 1.165) is 15.6 Å². The van der Waals surface area contributed by atoms with Crippen LogP contribution < -0.4 is 15.4 Å². The Labute approximate surface area is 149 Å². The summed E-state index contributed by atoms with van der Waals surface area (Å²) in [6, 6.07) is 13.0. The summed E-state index contributed by atoms with van der Waals surface area (Å²) in [4.78, 5) is 24.7. The van der Waals surface area contributed by atoms with Gasteiger partial charge in [-0.25, -0.2) is 0 Å². The van der Waals surface area contributed by atoms with Crippen molar-refractivity contribution in [3.63, 3.8) is 0 Å². The first kappa shape index (κ1) is 17.0. The molecular weight excluding hydrogens is 336 g/mol. The van der Waals surface area contributed by atoms with Crippen molar-refractivity contribution in [2.75, 3.05) is 17.7 Å². The second-order valence-corrected chi connectivity index (χ2v) is 6.65. The summed E-state index contributed by atoms with van der Waals surface area (Å²) < 4.78 is 6.38. The van der Waals surface area contributed by atoms with Gasteiger partial charge in [-0.15, -0.1) is 11.3 Å². The van der Waals surface area contributed by atoms with Gasteiger partial charge in [0.1, 0.15) is 5.75 Å². The van der Waals surface area contributed by atoms with E-state index in [0.29, 0.717) is 22.0 Å². The van der Waals surface area contributed by atoms with Gasteiger partial charge in [-0.05, 0) is 42.1 Å². The van der Waals surface area contributed by atoms with Crippen LogP contribution in [0.3, 0.4) is 0 Å². The van der Waals surface area contributed by atoms with Gasteiger partial charge in [0.25, 0.3) is 5.91 Å². The van der Waals surface area contributed by atoms with Crippen molar-refractivity contribution in [3.8, 4) is 5.75 Å². The van der Waals surface area contributed by atoms with Gasteiger partial charge in [-0.1, -0.05) is 18.2 Å². The highest BCUT2D eigenvalue weighted by Gasteiger charge is 2.17. The average Bonchev–Trinajstić information content (AvgIpc) is 2.92. The lowest BCUT2D eigenvalue weighted by Crippen LogP contribution is -2.13. The molecule has 0 unspecified atom stereocenters. The molecule has 1 aromatic heterocycles. The number of methoxy groups -OCH3 is 1. The van der Waals surface area contributed by atoms with Gasteiger partial charge in [0.05, 0.1) is 17.7 Å². The summed E-state index contributed by atoms with van der Waals surface area (Å²) in [5, 5.41) is 6.67. The van der Waals surface area contributed by atoms with E-state index in [9.17, 15) is 9.59 Å². The fourth-order valence-electron chi connectivity index (χ4n) is 2.66. The van der Waals surface area contributed by atoms with Crippen LogP contribution in [-0.2, 0) is 4.79 Å². The molecule has 0 bridgehead atoms. The van der Waals surface area contributed by atoms with Crippen LogP contribution in [-0.4, -0.2) is 18.9 Å². The second-order valence-electron chi connectivity index (χ2n) is 5.60. The maximum atomic E-state index is 12.8. The van der Waals surface area contributed by atoms with Crippen molar-refractivity contribution in [2.45, 2.75) is 13.8 Å². The second kappa shape index (κ2) is 6.94. The number of hydrogen-bond acceptors (Lipinski definition) is 4. The minimum absolute atomic E-state index is 0.178. The number of anilines is 2. The van der Waals surface area contributed by atoms with E-state index in [1.54, 1.807) is 18.2 Å². The molecule has 0 saturated carbocycles. The van der Waals surface area contributed by atoms with E-state index in [2.05, 4.69) is 10.6 Å². The number of rotatable bonds is 4. The largest absolute Gasteiger partial charge is 0.495 e. The molecule has 0 saturated heterocycles. The molecule has 0 radical (unpaired) electrons. The predicted octanol–water partition coefficient (Wildman–Crippen LogP) is 4.43. The Balaban J connectivity index is 1.93. The van der Waals surface area contributed by atoms with E-state index in [1.165, 1.54) is 25.4 Å². The molecule has 6 heteroatoms. The lowest BCUT2D eigenvalue weighted by molar-refractivity contribution is -0.114. The highest BCUT2D eigenvalue weighted by Crippen LogP contribution is 2.33. The van der Waals surface area contributed by atoms with Crippen molar-refractivity contribution in [1.29, 1.82) is 0 Å². The maximum absolute atomic E-state index is 12.8. The summed E-state index contributed by atoms with van der Waals surface area (Å²) >= 11 is 1.46. The maximum Gasteiger partial charge on any atom is 0.266 e. The molecule has 1 heterocycles. The van der Waals surface area contributed by atoms with E-state index >= 15 is 0 Å². The molecule has 128 valence electrons. The van der Waals surface area contributed by atoms with Gasteiger partial charge < -0.3 is 15.4 Å². The standard InChI is InChI=1S/C19H18N2O3S/c1-11-14-6-4-5-7-17(14)25-18(11)19(23)21-15-10-13(20-12(2)22)8-9-16(15)24-3/h4-10H,1-3H3,(H,20,22)(H,21,23). The van der Waals surface area contributed by atoms with E-state index in [-0.39, 0.29) is 11.8 Å². The number of aryl methyl sites for hydroxylation is 1. The van der Waals surface area contributed by atoms with Gasteiger partial charge in [-0.2, -0.15) is 0 Å². The average molecular weight is 354 g/mol. The Hall–Kier alpha value is -2.86. The highest BCUT2D eigenvalue weighted by molar-refractivity contribution is 7.21. The van der Waals surface area contributed by atoms with Gasteiger partial charge in [-0.3, -0.25) is 9.59 Å². The number of hydrogen-bond donors (Lipinski definition) is 2. The lowest BCUT2D eigenvalue weighted by Gasteiger charge is -2.12. The van der Waals surface area contributed by atoms with Crippen molar-refractivity contribution < 1.29 is 14.3 Å². The minimum Gasteiger partial charge on any atom is -0.495 e. The van der Waals surface area contributed by atoms with Crippen LogP contribution >= 0.6 is 11.3 Å². The first-order valence-corrected chi connectivity index (χ1v) is 8.56. The number of carbonyl (C=O) groups excluding carboxylic acids is 2.